The van der Waals surface area contributed by atoms with Crippen molar-refractivity contribution in [2.45, 2.75) is 19.9 Å². The molecule has 0 aliphatic carbocycles. The van der Waals surface area contributed by atoms with E-state index in [1.54, 1.807) is 12.1 Å². The second kappa shape index (κ2) is 5.42. The van der Waals surface area contributed by atoms with Gasteiger partial charge in [0.2, 0.25) is 0 Å². The highest BCUT2D eigenvalue weighted by molar-refractivity contribution is 5.33. The van der Waals surface area contributed by atoms with E-state index in [1.807, 2.05) is 13.0 Å². The van der Waals surface area contributed by atoms with Crippen LogP contribution in [0.2, 0.25) is 0 Å². The van der Waals surface area contributed by atoms with Gasteiger partial charge in [-0.25, -0.2) is 14.2 Å². The average molecular weight is 263 g/mol. The maximum atomic E-state index is 14.0. The number of nitrogens with two attached hydrogens (primary N) is 1. The van der Waals surface area contributed by atoms with E-state index in [4.69, 9.17) is 5.84 Å². The molecule has 0 saturated carbocycles. The first-order valence-electron chi connectivity index (χ1n) is 5.88. The Balaban J connectivity index is 2.51. The summed E-state index contributed by atoms with van der Waals surface area (Å²) in [7, 11) is 0. The van der Waals surface area contributed by atoms with Crippen LogP contribution in [-0.2, 0) is 0 Å². The normalized spacial score (nSPS) is 12.5. The number of aryl methyl sites for hydroxylation is 2. The quantitative estimate of drug-likeness (QED) is 0.661. The number of rotatable bonds is 3. The van der Waals surface area contributed by atoms with E-state index in [2.05, 4.69) is 10.4 Å². The monoisotopic (exact) mass is 263 g/mol. The molecule has 1 aromatic carbocycles. The van der Waals surface area contributed by atoms with Crippen molar-refractivity contribution >= 4 is 0 Å². The van der Waals surface area contributed by atoms with Crippen LogP contribution in [0.3, 0.4) is 0 Å². The molecule has 0 radical (unpaired) electrons. The van der Waals surface area contributed by atoms with Crippen molar-refractivity contribution in [3.05, 3.63) is 64.5 Å². The third-order valence-electron chi connectivity index (χ3n) is 2.99. The molecule has 0 bridgehead atoms. The Labute approximate surface area is 110 Å². The summed E-state index contributed by atoms with van der Waals surface area (Å²) in [5.74, 6) is 3.71. The molecule has 1 atom stereocenters. The molecule has 0 aliphatic heterocycles. The van der Waals surface area contributed by atoms with E-state index in [-0.39, 0.29) is 11.1 Å². The van der Waals surface area contributed by atoms with Gasteiger partial charge in [-0.3, -0.25) is 10.8 Å². The number of hydrazine groups is 1. The molecule has 0 aliphatic rings. The summed E-state index contributed by atoms with van der Waals surface area (Å²) < 4.78 is 27.6. The first-order valence-corrected chi connectivity index (χ1v) is 5.88. The van der Waals surface area contributed by atoms with E-state index in [1.165, 1.54) is 19.1 Å². The number of pyridine rings is 1. The summed E-state index contributed by atoms with van der Waals surface area (Å²) in [4.78, 5) is 4.28. The lowest BCUT2D eigenvalue weighted by Gasteiger charge is -2.17. The van der Waals surface area contributed by atoms with Crippen molar-refractivity contribution in [1.82, 2.24) is 10.4 Å². The van der Waals surface area contributed by atoms with Crippen molar-refractivity contribution in [2.24, 2.45) is 5.84 Å². The van der Waals surface area contributed by atoms with Gasteiger partial charge in [-0.05, 0) is 31.5 Å². The van der Waals surface area contributed by atoms with Crippen molar-refractivity contribution in [3.8, 4) is 0 Å². The van der Waals surface area contributed by atoms with Crippen molar-refractivity contribution in [2.75, 3.05) is 0 Å². The lowest BCUT2D eigenvalue weighted by atomic mass is 10.0. The predicted molar refractivity (Wildman–Crippen MR) is 69.2 cm³/mol. The molecule has 0 saturated heterocycles. The van der Waals surface area contributed by atoms with Gasteiger partial charge in [0.1, 0.15) is 0 Å². The summed E-state index contributed by atoms with van der Waals surface area (Å²) >= 11 is 0. The first kappa shape index (κ1) is 13.6. The van der Waals surface area contributed by atoms with E-state index >= 15 is 0 Å². The third-order valence-corrected chi connectivity index (χ3v) is 2.99. The summed E-state index contributed by atoms with van der Waals surface area (Å²) in [5, 5.41) is 0. The van der Waals surface area contributed by atoms with Crippen LogP contribution in [0.25, 0.3) is 0 Å². The maximum absolute atomic E-state index is 14.0. The molecule has 5 heteroatoms. The van der Waals surface area contributed by atoms with E-state index in [0.717, 1.165) is 5.69 Å². The average Bonchev–Trinajstić information content (AvgIpc) is 2.40. The minimum atomic E-state index is -0.897. The predicted octanol–water partition coefficient (Wildman–Crippen LogP) is 2.53. The second-order valence-electron chi connectivity index (χ2n) is 4.40. The van der Waals surface area contributed by atoms with Gasteiger partial charge in [0.05, 0.1) is 11.7 Å². The lowest BCUT2D eigenvalue weighted by molar-refractivity contribution is 0.476. The highest BCUT2D eigenvalue weighted by atomic mass is 19.2. The van der Waals surface area contributed by atoms with Gasteiger partial charge in [0, 0.05) is 11.3 Å². The topological polar surface area (TPSA) is 50.9 Å². The fourth-order valence-corrected chi connectivity index (χ4v) is 1.94. The third kappa shape index (κ3) is 2.62. The Morgan fingerprint density at radius 3 is 2.47 bits per heavy atom. The first-order chi connectivity index (χ1) is 9.04. The van der Waals surface area contributed by atoms with Gasteiger partial charge in [-0.2, -0.15) is 0 Å². The Morgan fingerprint density at radius 2 is 1.84 bits per heavy atom. The molecule has 1 aromatic heterocycles. The summed E-state index contributed by atoms with van der Waals surface area (Å²) in [6.45, 7) is 3.33. The van der Waals surface area contributed by atoms with Crippen molar-refractivity contribution in [1.29, 1.82) is 0 Å². The van der Waals surface area contributed by atoms with Crippen LogP contribution in [0.5, 0.6) is 0 Å². The molecule has 0 fully saturated rings. The van der Waals surface area contributed by atoms with Gasteiger partial charge in [-0.1, -0.05) is 18.2 Å². The fraction of sp³-hybridized carbons (Fsp3) is 0.214. The fourth-order valence-electron chi connectivity index (χ4n) is 1.94. The van der Waals surface area contributed by atoms with Crippen LogP contribution in [0, 0.1) is 25.5 Å². The molecule has 1 heterocycles. The van der Waals surface area contributed by atoms with Crippen molar-refractivity contribution < 1.29 is 8.78 Å². The van der Waals surface area contributed by atoms with Crippen LogP contribution in [0.1, 0.15) is 28.6 Å². The minimum Gasteiger partial charge on any atom is -0.271 e. The zero-order valence-electron chi connectivity index (χ0n) is 10.7. The molecule has 3 N–H and O–H groups in total. The highest BCUT2D eigenvalue weighted by Crippen LogP contribution is 2.25. The van der Waals surface area contributed by atoms with Gasteiger partial charge in [-0.15, -0.1) is 0 Å². The van der Waals surface area contributed by atoms with Crippen LogP contribution >= 0.6 is 0 Å². The second-order valence-corrected chi connectivity index (χ2v) is 4.40. The Bertz CT molecular complexity index is 599. The number of aromatic nitrogens is 1. The molecule has 19 heavy (non-hydrogen) atoms. The summed E-state index contributed by atoms with van der Waals surface area (Å²) in [6.07, 6.45) is 0. The van der Waals surface area contributed by atoms with Crippen LogP contribution in [0.4, 0.5) is 8.78 Å². The molecule has 2 aromatic rings. The number of hydrogen-bond acceptors (Lipinski definition) is 3. The molecular formula is C14H15F2N3. The van der Waals surface area contributed by atoms with Gasteiger partial charge in [0.25, 0.3) is 0 Å². The Hall–Kier alpha value is -1.85. The lowest BCUT2D eigenvalue weighted by Crippen LogP contribution is -2.30. The Kier molecular flexibility index (Phi) is 3.87. The van der Waals surface area contributed by atoms with Crippen LogP contribution < -0.4 is 11.3 Å². The molecule has 0 amide bonds. The molecular weight excluding hydrogens is 248 g/mol. The SMILES string of the molecule is Cc1cccc(C(NN)c2ccc(C)c(F)c2F)n1. The van der Waals surface area contributed by atoms with E-state index < -0.39 is 17.7 Å². The Morgan fingerprint density at radius 1 is 1.11 bits per heavy atom. The maximum Gasteiger partial charge on any atom is 0.164 e. The van der Waals surface area contributed by atoms with Crippen LogP contribution in [-0.4, -0.2) is 4.98 Å². The number of nitrogens with zero attached hydrogens (tertiary/aromatic N) is 1. The zero-order valence-corrected chi connectivity index (χ0v) is 10.7. The molecule has 2 rings (SSSR count). The van der Waals surface area contributed by atoms with Gasteiger partial charge < -0.3 is 0 Å². The largest absolute Gasteiger partial charge is 0.271 e. The summed E-state index contributed by atoms with van der Waals surface area (Å²) in [6, 6.07) is 7.69. The highest BCUT2D eigenvalue weighted by Gasteiger charge is 2.21. The smallest absolute Gasteiger partial charge is 0.164 e. The number of hydrogen-bond donors (Lipinski definition) is 2. The summed E-state index contributed by atoms with van der Waals surface area (Å²) in [5.41, 5.74) is 4.21. The zero-order chi connectivity index (χ0) is 14.0. The van der Waals surface area contributed by atoms with Crippen LogP contribution in [0.15, 0.2) is 30.3 Å². The number of halogens is 2. The standard InChI is InChI=1S/C14H15F2N3/c1-8-6-7-10(13(16)12(8)15)14(19-17)11-5-3-4-9(2)18-11/h3-7,14,19H,17H2,1-2H3. The minimum absolute atomic E-state index is 0.142. The van der Waals surface area contributed by atoms with Gasteiger partial charge >= 0.3 is 0 Å². The van der Waals surface area contributed by atoms with Gasteiger partial charge in [0.15, 0.2) is 11.6 Å². The van der Waals surface area contributed by atoms with E-state index in [9.17, 15) is 8.78 Å². The number of nitrogens with one attached hydrogen (secondary N) is 1. The number of benzene rings is 1. The molecule has 0 spiro atoms. The molecule has 3 nitrogen and oxygen atoms in total. The molecule has 100 valence electrons. The molecule has 1 unspecified atom stereocenters. The van der Waals surface area contributed by atoms with E-state index in [0.29, 0.717) is 5.69 Å². The van der Waals surface area contributed by atoms with Crippen molar-refractivity contribution in [3.63, 3.8) is 0 Å².